The molecule has 0 radical (unpaired) electrons. The van der Waals surface area contributed by atoms with E-state index in [2.05, 4.69) is 80.6 Å². The Hall–Kier alpha value is -2.34. The fourth-order valence-corrected chi connectivity index (χ4v) is 4.07. The molecule has 0 heterocycles. The molecule has 1 aliphatic carbocycles. The molecule has 0 heteroatoms. The third kappa shape index (κ3) is 3.75. The molecular weight excluding hydrogens is 312 g/mol. The van der Waals surface area contributed by atoms with Crippen molar-refractivity contribution in [3.05, 3.63) is 106 Å². The number of hydrogen-bond acceptors (Lipinski definition) is 0. The first kappa shape index (κ1) is 18.5. The summed E-state index contributed by atoms with van der Waals surface area (Å²) in [6.45, 7) is 8.66. The summed E-state index contributed by atoms with van der Waals surface area (Å²) in [6.07, 6.45) is 3.19. The van der Waals surface area contributed by atoms with Crippen molar-refractivity contribution in [1.29, 1.82) is 0 Å². The van der Waals surface area contributed by atoms with Crippen LogP contribution in [0.5, 0.6) is 0 Å². The van der Waals surface area contributed by atoms with Gasteiger partial charge < -0.3 is 0 Å². The Morgan fingerprint density at radius 3 is 1.81 bits per heavy atom. The predicted molar refractivity (Wildman–Crippen MR) is 113 cm³/mol. The maximum absolute atomic E-state index is 2.37. The minimum absolute atomic E-state index is 0.541. The van der Waals surface area contributed by atoms with Gasteiger partial charge in [-0.05, 0) is 71.0 Å². The van der Waals surface area contributed by atoms with Crippen LogP contribution in [0.2, 0.25) is 0 Å². The molecule has 134 valence electrons. The van der Waals surface area contributed by atoms with Gasteiger partial charge in [0.2, 0.25) is 0 Å². The molecule has 0 spiro atoms. The van der Waals surface area contributed by atoms with E-state index in [1.54, 1.807) is 0 Å². The van der Waals surface area contributed by atoms with Gasteiger partial charge in [-0.3, -0.25) is 0 Å². The van der Waals surface area contributed by atoms with Gasteiger partial charge in [0.1, 0.15) is 0 Å². The molecule has 0 saturated heterocycles. The lowest BCUT2D eigenvalue weighted by atomic mass is 9.87. The Bertz CT molecular complexity index is 873. The van der Waals surface area contributed by atoms with Crippen LogP contribution in [0.15, 0.2) is 66.7 Å². The van der Waals surface area contributed by atoms with Crippen molar-refractivity contribution in [3.63, 3.8) is 0 Å². The van der Waals surface area contributed by atoms with Crippen LogP contribution in [-0.2, 0) is 19.3 Å². The summed E-state index contributed by atoms with van der Waals surface area (Å²) in [5.41, 5.74) is 10.3. The summed E-state index contributed by atoms with van der Waals surface area (Å²) in [5, 5.41) is 0. The van der Waals surface area contributed by atoms with Crippen molar-refractivity contribution >= 4 is 0 Å². The second-order valence-electron chi connectivity index (χ2n) is 7.13. The maximum Gasteiger partial charge on any atom is -0.00202 e. The SMILES string of the molecule is CC.Cc1c2cccc1Cc1ccccc1C(C)Cc1ccccc1C2. The van der Waals surface area contributed by atoms with E-state index in [4.69, 9.17) is 0 Å². The fraction of sp³-hybridized carbons (Fsp3) is 0.308. The van der Waals surface area contributed by atoms with E-state index in [9.17, 15) is 0 Å². The molecule has 26 heavy (non-hydrogen) atoms. The fourth-order valence-electron chi connectivity index (χ4n) is 4.07. The van der Waals surface area contributed by atoms with Crippen molar-refractivity contribution < 1.29 is 0 Å². The number of fused-ring (bicyclic) bond motifs is 4. The first-order valence-corrected chi connectivity index (χ1v) is 9.94. The van der Waals surface area contributed by atoms with Crippen molar-refractivity contribution in [2.45, 2.75) is 52.9 Å². The number of benzene rings is 3. The van der Waals surface area contributed by atoms with Gasteiger partial charge in [0, 0.05) is 0 Å². The molecule has 0 amide bonds. The Morgan fingerprint density at radius 1 is 0.615 bits per heavy atom. The quantitative estimate of drug-likeness (QED) is 0.418. The Kier molecular flexibility index (Phi) is 5.93. The third-order valence-corrected chi connectivity index (χ3v) is 5.55. The van der Waals surface area contributed by atoms with E-state index in [-0.39, 0.29) is 0 Å². The molecule has 3 aromatic carbocycles. The average molecular weight is 343 g/mol. The van der Waals surface area contributed by atoms with E-state index < -0.39 is 0 Å². The zero-order valence-electron chi connectivity index (χ0n) is 16.5. The third-order valence-electron chi connectivity index (χ3n) is 5.55. The topological polar surface area (TPSA) is 0 Å². The second-order valence-corrected chi connectivity index (χ2v) is 7.13. The smallest absolute Gasteiger partial charge is 0.00202 e. The lowest BCUT2D eigenvalue weighted by Gasteiger charge is -2.18. The average Bonchev–Trinajstić information content (AvgIpc) is 2.68. The zero-order valence-corrected chi connectivity index (χ0v) is 16.5. The van der Waals surface area contributed by atoms with Gasteiger partial charge in [0.15, 0.2) is 0 Å². The van der Waals surface area contributed by atoms with E-state index in [0.717, 1.165) is 19.3 Å². The zero-order chi connectivity index (χ0) is 18.5. The van der Waals surface area contributed by atoms with Crippen molar-refractivity contribution in [2.75, 3.05) is 0 Å². The van der Waals surface area contributed by atoms with Crippen LogP contribution in [0, 0.1) is 6.92 Å². The maximum atomic E-state index is 2.37. The minimum atomic E-state index is 0.541. The summed E-state index contributed by atoms with van der Waals surface area (Å²) < 4.78 is 0. The summed E-state index contributed by atoms with van der Waals surface area (Å²) in [4.78, 5) is 0. The molecule has 2 bridgehead atoms. The molecule has 0 aliphatic heterocycles. The first-order valence-electron chi connectivity index (χ1n) is 9.94. The van der Waals surface area contributed by atoms with Crippen LogP contribution >= 0.6 is 0 Å². The molecule has 0 nitrogen and oxygen atoms in total. The largest absolute Gasteiger partial charge is 0.0683 e. The number of hydrogen-bond donors (Lipinski definition) is 0. The lowest BCUT2D eigenvalue weighted by molar-refractivity contribution is 0.744. The van der Waals surface area contributed by atoms with Gasteiger partial charge >= 0.3 is 0 Å². The van der Waals surface area contributed by atoms with E-state index in [1.165, 1.54) is 38.9 Å². The highest BCUT2D eigenvalue weighted by atomic mass is 14.2. The van der Waals surface area contributed by atoms with E-state index in [0.29, 0.717) is 5.92 Å². The molecule has 3 aromatic rings. The summed E-state index contributed by atoms with van der Waals surface area (Å²) in [5.74, 6) is 0.541. The molecule has 1 unspecified atom stereocenters. The highest BCUT2D eigenvalue weighted by Gasteiger charge is 2.16. The van der Waals surface area contributed by atoms with Gasteiger partial charge in [-0.25, -0.2) is 0 Å². The van der Waals surface area contributed by atoms with Crippen LogP contribution in [0.4, 0.5) is 0 Å². The van der Waals surface area contributed by atoms with Crippen LogP contribution in [0.25, 0.3) is 0 Å². The van der Waals surface area contributed by atoms with Crippen molar-refractivity contribution in [2.24, 2.45) is 0 Å². The second kappa shape index (κ2) is 8.36. The van der Waals surface area contributed by atoms with Gasteiger partial charge in [-0.1, -0.05) is 87.5 Å². The molecule has 0 saturated carbocycles. The van der Waals surface area contributed by atoms with Gasteiger partial charge in [0.05, 0.1) is 0 Å². The Labute approximate surface area is 158 Å². The van der Waals surface area contributed by atoms with Gasteiger partial charge in [0.25, 0.3) is 0 Å². The number of rotatable bonds is 0. The monoisotopic (exact) mass is 342 g/mol. The van der Waals surface area contributed by atoms with Crippen LogP contribution < -0.4 is 0 Å². The highest BCUT2D eigenvalue weighted by molar-refractivity contribution is 5.45. The molecular formula is C26H30. The van der Waals surface area contributed by atoms with Gasteiger partial charge in [-0.2, -0.15) is 0 Å². The summed E-state index contributed by atoms with van der Waals surface area (Å²) in [7, 11) is 0. The van der Waals surface area contributed by atoms with Crippen molar-refractivity contribution in [3.8, 4) is 0 Å². The minimum Gasteiger partial charge on any atom is -0.0683 e. The van der Waals surface area contributed by atoms with Crippen LogP contribution in [-0.4, -0.2) is 0 Å². The standard InChI is InChI=1S/C24H24.C2H6/c1-17-14-21-8-3-4-9-22(21)15-19-11-7-12-20(18(19)2)16-23-10-5-6-13-24(17)23;1-2/h3-13,17H,14-16H2,1-2H3;1-2H3. The molecule has 4 rings (SSSR count). The van der Waals surface area contributed by atoms with Gasteiger partial charge in [-0.15, -0.1) is 0 Å². The Balaban J connectivity index is 0.000000948. The van der Waals surface area contributed by atoms with E-state index >= 15 is 0 Å². The summed E-state index contributed by atoms with van der Waals surface area (Å²) in [6, 6.07) is 24.8. The lowest BCUT2D eigenvalue weighted by Crippen LogP contribution is -2.04. The first-order chi connectivity index (χ1) is 12.7. The molecule has 1 aliphatic rings. The highest BCUT2D eigenvalue weighted by Crippen LogP contribution is 2.30. The summed E-state index contributed by atoms with van der Waals surface area (Å²) >= 11 is 0. The van der Waals surface area contributed by atoms with Crippen LogP contribution in [0.3, 0.4) is 0 Å². The normalized spacial score (nSPS) is 15.6. The van der Waals surface area contributed by atoms with Crippen molar-refractivity contribution in [1.82, 2.24) is 0 Å². The Morgan fingerprint density at radius 2 is 1.12 bits per heavy atom. The molecule has 1 atom stereocenters. The predicted octanol–water partition coefficient (Wildman–Crippen LogP) is 6.86. The molecule has 0 fully saturated rings. The van der Waals surface area contributed by atoms with E-state index in [1.807, 2.05) is 13.8 Å². The van der Waals surface area contributed by atoms with Crippen LogP contribution in [0.1, 0.15) is 65.6 Å². The molecule has 0 aromatic heterocycles. The molecule has 0 N–H and O–H groups in total.